The van der Waals surface area contributed by atoms with E-state index in [0.29, 0.717) is 31.7 Å². The van der Waals surface area contributed by atoms with Crippen molar-refractivity contribution in [3.8, 4) is 0 Å². The second kappa shape index (κ2) is 14.0. The minimum atomic E-state index is -1.02. The average Bonchev–Trinajstić information content (AvgIpc) is 3.47. The monoisotopic (exact) mass is 728 g/mol. The zero-order chi connectivity index (χ0) is 33.5. The van der Waals surface area contributed by atoms with Crippen LogP contribution < -0.4 is 0 Å². The maximum atomic E-state index is 6.67. The fourth-order valence-electron chi connectivity index (χ4n) is 5.01. The number of nitrogens with zero attached hydrogens (tertiary/aromatic N) is 2. The summed E-state index contributed by atoms with van der Waals surface area (Å²) in [5.74, 6) is 0.709. The highest BCUT2D eigenvalue weighted by molar-refractivity contribution is 7.99. The van der Waals surface area contributed by atoms with E-state index in [-0.39, 0.29) is 11.8 Å². The molecule has 0 unspecified atom stereocenters. The van der Waals surface area contributed by atoms with Crippen LogP contribution in [0.1, 0.15) is 104 Å². The van der Waals surface area contributed by atoms with E-state index < -0.39 is 17.0 Å². The Labute approximate surface area is 295 Å². The molecule has 0 bridgehead atoms. The summed E-state index contributed by atoms with van der Waals surface area (Å²) in [7, 11) is 0. The number of ether oxygens (including phenoxy) is 2. The molecule has 12 heteroatoms. The zero-order valence-electron chi connectivity index (χ0n) is 27.2. The number of aromatic nitrogens is 4. The Balaban J connectivity index is 1.57. The number of imidazole rings is 2. The van der Waals surface area contributed by atoms with Gasteiger partial charge in [-0.1, -0.05) is 97.6 Å². The molecule has 4 aromatic rings. The van der Waals surface area contributed by atoms with E-state index in [2.05, 4.69) is 37.7 Å². The standard InChI is InChI=1S/C33H40Cl4N4O2S2/c1-17(2)25-27(44-23-13-19(34)11-20(35)14-23)40-29(38-25)31(5,6)42-33(9,10)43-32(7,8)30-39-26(18(3)4)28(41-30)45-24-15-21(36)12-22(37)16-24/h11-18H,1-10H3,(H,38,40)(H,39,41). The lowest BCUT2D eigenvalue weighted by molar-refractivity contribution is -0.308. The van der Waals surface area contributed by atoms with Gasteiger partial charge < -0.3 is 19.4 Å². The normalized spacial score (nSPS) is 13.0. The number of nitrogens with one attached hydrogen (secondary N) is 2. The van der Waals surface area contributed by atoms with Crippen molar-refractivity contribution >= 4 is 69.9 Å². The molecular formula is C33H40Cl4N4O2S2. The third-order valence-electron chi connectivity index (χ3n) is 6.74. The number of halogens is 4. The van der Waals surface area contributed by atoms with Gasteiger partial charge in [0.25, 0.3) is 0 Å². The van der Waals surface area contributed by atoms with Gasteiger partial charge in [-0.25, -0.2) is 9.97 Å². The molecule has 2 N–H and O–H groups in total. The minimum absolute atomic E-state index is 0.176. The van der Waals surface area contributed by atoms with Crippen molar-refractivity contribution in [2.75, 3.05) is 0 Å². The van der Waals surface area contributed by atoms with Crippen LogP contribution in [0.15, 0.2) is 56.2 Å². The van der Waals surface area contributed by atoms with Gasteiger partial charge in [-0.05, 0) is 89.8 Å². The van der Waals surface area contributed by atoms with Crippen LogP contribution in [0.3, 0.4) is 0 Å². The molecule has 0 atom stereocenters. The second-order valence-electron chi connectivity index (χ2n) is 12.9. The Morgan fingerprint density at radius 2 is 0.889 bits per heavy atom. The maximum Gasteiger partial charge on any atom is 0.165 e. The van der Waals surface area contributed by atoms with Gasteiger partial charge in [-0.15, -0.1) is 0 Å². The summed E-state index contributed by atoms with van der Waals surface area (Å²) in [6.45, 7) is 20.2. The molecule has 6 nitrogen and oxygen atoms in total. The smallest absolute Gasteiger partial charge is 0.165 e. The van der Waals surface area contributed by atoms with Crippen molar-refractivity contribution in [1.82, 2.24) is 19.9 Å². The molecule has 0 spiro atoms. The Hall–Kier alpha value is -1.36. The first kappa shape index (κ1) is 36.5. The first-order valence-corrected chi connectivity index (χ1v) is 17.8. The van der Waals surface area contributed by atoms with Gasteiger partial charge in [-0.3, -0.25) is 0 Å². The maximum absolute atomic E-state index is 6.67. The van der Waals surface area contributed by atoms with Gasteiger partial charge in [0.2, 0.25) is 0 Å². The molecule has 0 fully saturated rings. The van der Waals surface area contributed by atoms with Crippen LogP contribution >= 0.6 is 69.9 Å². The number of benzene rings is 2. The first-order chi connectivity index (χ1) is 20.7. The van der Waals surface area contributed by atoms with Gasteiger partial charge in [0.15, 0.2) is 5.79 Å². The summed E-state index contributed by atoms with van der Waals surface area (Å²) in [5, 5.41) is 4.15. The van der Waals surface area contributed by atoms with Crippen LogP contribution in [-0.2, 0) is 20.7 Å². The Kier molecular flexibility index (Phi) is 11.4. The molecule has 0 amide bonds. The molecule has 0 saturated heterocycles. The second-order valence-corrected chi connectivity index (χ2v) is 16.9. The van der Waals surface area contributed by atoms with E-state index >= 15 is 0 Å². The zero-order valence-corrected chi connectivity index (χ0v) is 31.8. The van der Waals surface area contributed by atoms with Crippen molar-refractivity contribution in [3.05, 3.63) is 79.5 Å². The van der Waals surface area contributed by atoms with E-state index in [0.717, 1.165) is 31.2 Å². The number of aromatic amines is 2. The molecule has 0 radical (unpaired) electrons. The largest absolute Gasteiger partial charge is 0.337 e. The Bertz CT molecular complexity index is 1500. The minimum Gasteiger partial charge on any atom is -0.337 e. The van der Waals surface area contributed by atoms with Crippen molar-refractivity contribution in [3.63, 3.8) is 0 Å². The SMILES string of the molecule is CC(C)c1nc(C(C)(C)OC(C)(C)OC(C)(C)c2nc(C(C)C)c(Sc3cc(Cl)cc(Cl)c3)[nH]2)[nH]c1Sc1cc(Cl)cc(Cl)c1. The molecule has 0 saturated carbocycles. The highest BCUT2D eigenvalue weighted by Gasteiger charge is 2.40. The van der Waals surface area contributed by atoms with Crippen molar-refractivity contribution in [1.29, 1.82) is 0 Å². The summed E-state index contributed by atoms with van der Waals surface area (Å²) in [5.41, 5.74) is 0.217. The van der Waals surface area contributed by atoms with Crippen LogP contribution in [0.4, 0.5) is 0 Å². The van der Waals surface area contributed by atoms with E-state index in [4.69, 9.17) is 65.8 Å². The van der Waals surface area contributed by atoms with E-state index in [9.17, 15) is 0 Å². The first-order valence-electron chi connectivity index (χ1n) is 14.6. The summed E-state index contributed by atoms with van der Waals surface area (Å²) in [6.07, 6.45) is 0. The fraction of sp³-hybridized carbons (Fsp3) is 0.455. The fourth-order valence-corrected chi connectivity index (χ4v) is 8.60. The topological polar surface area (TPSA) is 75.8 Å². The van der Waals surface area contributed by atoms with Gasteiger partial charge in [-0.2, -0.15) is 0 Å². The Morgan fingerprint density at radius 1 is 0.578 bits per heavy atom. The molecule has 45 heavy (non-hydrogen) atoms. The van der Waals surface area contributed by atoms with Gasteiger partial charge in [0.1, 0.15) is 32.9 Å². The van der Waals surface area contributed by atoms with Crippen LogP contribution in [0.2, 0.25) is 20.1 Å². The molecule has 0 aliphatic rings. The van der Waals surface area contributed by atoms with E-state index in [1.54, 1.807) is 12.1 Å². The summed E-state index contributed by atoms with van der Waals surface area (Å²) >= 11 is 28.1. The summed E-state index contributed by atoms with van der Waals surface area (Å²) < 4.78 is 13.3. The van der Waals surface area contributed by atoms with Crippen molar-refractivity contribution in [2.24, 2.45) is 0 Å². The summed E-state index contributed by atoms with van der Waals surface area (Å²) in [6, 6.07) is 11.0. The Morgan fingerprint density at radius 3 is 1.18 bits per heavy atom. The highest BCUT2D eigenvalue weighted by Crippen LogP contribution is 2.41. The van der Waals surface area contributed by atoms with Crippen molar-refractivity contribution in [2.45, 2.75) is 118 Å². The average molecular weight is 731 g/mol. The number of H-pyrrole nitrogens is 2. The molecule has 2 aromatic carbocycles. The van der Waals surface area contributed by atoms with Gasteiger partial charge >= 0.3 is 0 Å². The third-order valence-corrected chi connectivity index (χ3v) is 9.59. The number of rotatable bonds is 12. The van der Waals surface area contributed by atoms with Gasteiger partial charge in [0.05, 0.1) is 11.4 Å². The lowest BCUT2D eigenvalue weighted by atomic mass is 10.1. The van der Waals surface area contributed by atoms with Crippen LogP contribution in [0.5, 0.6) is 0 Å². The molecule has 0 aliphatic heterocycles. The predicted octanol–water partition coefficient (Wildman–Crippen LogP) is 12.2. The van der Waals surface area contributed by atoms with Crippen LogP contribution in [0, 0.1) is 0 Å². The molecule has 2 heterocycles. The summed E-state index contributed by atoms with van der Waals surface area (Å²) in [4.78, 5) is 18.8. The lowest BCUT2D eigenvalue weighted by Gasteiger charge is -2.39. The van der Waals surface area contributed by atoms with Crippen LogP contribution in [0.25, 0.3) is 0 Å². The number of hydrogen-bond acceptors (Lipinski definition) is 6. The number of hydrogen-bond donors (Lipinski definition) is 2. The van der Waals surface area contributed by atoms with E-state index in [1.165, 1.54) is 23.5 Å². The third kappa shape index (κ3) is 9.38. The predicted molar refractivity (Wildman–Crippen MR) is 189 cm³/mol. The molecular weight excluding hydrogens is 690 g/mol. The molecule has 2 aromatic heterocycles. The highest BCUT2D eigenvalue weighted by atomic mass is 35.5. The molecule has 0 aliphatic carbocycles. The van der Waals surface area contributed by atoms with Gasteiger partial charge in [0, 0.05) is 29.9 Å². The van der Waals surface area contributed by atoms with Crippen molar-refractivity contribution < 1.29 is 9.47 Å². The van der Waals surface area contributed by atoms with Crippen LogP contribution in [-0.4, -0.2) is 25.7 Å². The quantitative estimate of drug-likeness (QED) is 0.141. The molecule has 244 valence electrons. The lowest BCUT2D eigenvalue weighted by Crippen LogP contribution is -2.43. The van der Waals surface area contributed by atoms with E-state index in [1.807, 2.05) is 65.8 Å². The molecule has 4 rings (SSSR count).